The Kier molecular flexibility index (Phi) is 7.56. The maximum Gasteiger partial charge on any atom is 0.234 e. The van der Waals surface area contributed by atoms with Crippen LogP contribution in [0.1, 0.15) is 41.0 Å². The molecule has 4 nitrogen and oxygen atoms in total. The predicted octanol–water partition coefficient (Wildman–Crippen LogP) is 1.77. The molecular weight excluding hydrogens is 214 g/mol. The van der Waals surface area contributed by atoms with Crippen LogP contribution in [0.25, 0.3) is 0 Å². The Labute approximate surface area is 105 Å². The minimum Gasteiger partial charge on any atom is -0.352 e. The van der Waals surface area contributed by atoms with Gasteiger partial charge >= 0.3 is 0 Å². The molecule has 0 radical (unpaired) electrons. The van der Waals surface area contributed by atoms with Crippen LogP contribution in [-0.4, -0.2) is 36.0 Å². The Balaban J connectivity index is 4.17. The van der Waals surface area contributed by atoms with Crippen LogP contribution in [0.2, 0.25) is 0 Å². The summed E-state index contributed by atoms with van der Waals surface area (Å²) in [6.07, 6.45) is 0.463. The minimum atomic E-state index is 0.0397. The topological polar surface area (TPSA) is 56.1 Å². The van der Waals surface area contributed by atoms with Crippen molar-refractivity contribution in [3.63, 3.8) is 0 Å². The molecule has 0 fully saturated rings. The molecule has 0 aliphatic heterocycles. The summed E-state index contributed by atoms with van der Waals surface area (Å²) in [5, 5.41) is 11.5. The van der Waals surface area contributed by atoms with Gasteiger partial charge in [0.15, 0.2) is 0 Å². The van der Waals surface area contributed by atoms with Gasteiger partial charge in [0.25, 0.3) is 0 Å². The van der Waals surface area contributed by atoms with E-state index in [1.54, 1.807) is 0 Å². The highest BCUT2D eigenvalue weighted by Crippen LogP contribution is 2.02. The first kappa shape index (κ1) is 15.9. The SMILES string of the molecule is CC(C)C(C)NC(=O)CN(CCC#N)C(C)C. The summed E-state index contributed by atoms with van der Waals surface area (Å²) in [6.45, 7) is 11.3. The summed E-state index contributed by atoms with van der Waals surface area (Å²) >= 11 is 0. The lowest BCUT2D eigenvalue weighted by atomic mass is 10.1. The van der Waals surface area contributed by atoms with Gasteiger partial charge in [-0.1, -0.05) is 13.8 Å². The van der Waals surface area contributed by atoms with E-state index in [0.717, 1.165) is 0 Å². The third-order valence-corrected chi connectivity index (χ3v) is 2.98. The molecule has 0 rings (SSSR count). The van der Waals surface area contributed by atoms with Gasteiger partial charge in [0, 0.05) is 25.0 Å². The molecular formula is C13H25N3O. The van der Waals surface area contributed by atoms with E-state index in [1.807, 2.05) is 25.7 Å². The summed E-state index contributed by atoms with van der Waals surface area (Å²) in [5.74, 6) is 0.475. The molecule has 0 spiro atoms. The van der Waals surface area contributed by atoms with Crippen molar-refractivity contribution in [1.29, 1.82) is 5.26 Å². The first-order valence-electron chi connectivity index (χ1n) is 6.28. The monoisotopic (exact) mass is 239 g/mol. The fourth-order valence-corrected chi connectivity index (χ4v) is 1.36. The average molecular weight is 239 g/mol. The zero-order valence-electron chi connectivity index (χ0n) is 11.7. The summed E-state index contributed by atoms with van der Waals surface area (Å²) in [5.41, 5.74) is 0. The Hall–Kier alpha value is -1.08. The van der Waals surface area contributed by atoms with Crippen LogP contribution in [0.4, 0.5) is 0 Å². The van der Waals surface area contributed by atoms with Crippen molar-refractivity contribution >= 4 is 5.91 Å². The number of nitriles is 1. The molecule has 1 unspecified atom stereocenters. The maximum absolute atomic E-state index is 11.8. The molecule has 0 aliphatic carbocycles. The van der Waals surface area contributed by atoms with Crippen molar-refractivity contribution in [3.8, 4) is 6.07 Å². The van der Waals surface area contributed by atoms with Crippen molar-refractivity contribution in [1.82, 2.24) is 10.2 Å². The molecule has 1 atom stereocenters. The van der Waals surface area contributed by atoms with Gasteiger partial charge < -0.3 is 5.32 Å². The maximum atomic E-state index is 11.8. The zero-order chi connectivity index (χ0) is 13.4. The molecule has 98 valence electrons. The second-order valence-electron chi connectivity index (χ2n) is 5.07. The number of carbonyl (C=O) groups is 1. The van der Waals surface area contributed by atoms with Crippen LogP contribution >= 0.6 is 0 Å². The van der Waals surface area contributed by atoms with Gasteiger partial charge in [-0.25, -0.2) is 0 Å². The van der Waals surface area contributed by atoms with Crippen LogP contribution in [0.5, 0.6) is 0 Å². The van der Waals surface area contributed by atoms with Crippen molar-refractivity contribution in [2.24, 2.45) is 5.92 Å². The third-order valence-electron chi connectivity index (χ3n) is 2.98. The predicted molar refractivity (Wildman–Crippen MR) is 69.4 cm³/mol. The van der Waals surface area contributed by atoms with Gasteiger partial charge in [-0.3, -0.25) is 9.69 Å². The molecule has 0 aromatic rings. The van der Waals surface area contributed by atoms with Gasteiger partial charge in [0.05, 0.1) is 12.6 Å². The van der Waals surface area contributed by atoms with E-state index in [1.165, 1.54) is 0 Å². The number of amides is 1. The summed E-state index contributed by atoms with van der Waals surface area (Å²) in [4.78, 5) is 13.8. The number of hydrogen-bond acceptors (Lipinski definition) is 3. The largest absolute Gasteiger partial charge is 0.352 e. The quantitative estimate of drug-likeness (QED) is 0.736. The lowest BCUT2D eigenvalue weighted by Gasteiger charge is -2.26. The molecule has 0 saturated carbocycles. The van der Waals surface area contributed by atoms with E-state index in [4.69, 9.17) is 5.26 Å². The van der Waals surface area contributed by atoms with E-state index < -0.39 is 0 Å². The second-order valence-corrected chi connectivity index (χ2v) is 5.07. The molecule has 0 aromatic carbocycles. The number of nitrogens with one attached hydrogen (secondary N) is 1. The van der Waals surface area contributed by atoms with E-state index in [-0.39, 0.29) is 18.0 Å². The van der Waals surface area contributed by atoms with Gasteiger partial charge in [0.2, 0.25) is 5.91 Å². The van der Waals surface area contributed by atoms with Crippen LogP contribution in [0.15, 0.2) is 0 Å². The Morgan fingerprint density at radius 1 is 1.29 bits per heavy atom. The highest BCUT2D eigenvalue weighted by Gasteiger charge is 2.16. The lowest BCUT2D eigenvalue weighted by Crippen LogP contribution is -2.45. The standard InChI is InChI=1S/C13H25N3O/c1-10(2)12(5)15-13(17)9-16(11(3)4)8-6-7-14/h10-12H,6,8-9H2,1-5H3,(H,15,17). The number of rotatable bonds is 7. The van der Waals surface area contributed by atoms with Crippen LogP contribution in [0.3, 0.4) is 0 Å². The molecule has 0 heterocycles. The zero-order valence-corrected chi connectivity index (χ0v) is 11.7. The van der Waals surface area contributed by atoms with Crippen molar-refractivity contribution in [3.05, 3.63) is 0 Å². The van der Waals surface area contributed by atoms with Crippen molar-refractivity contribution in [2.45, 2.75) is 53.1 Å². The lowest BCUT2D eigenvalue weighted by molar-refractivity contribution is -0.123. The molecule has 1 N–H and O–H groups in total. The first-order valence-corrected chi connectivity index (χ1v) is 6.28. The Morgan fingerprint density at radius 3 is 2.29 bits per heavy atom. The minimum absolute atomic E-state index is 0.0397. The Bertz CT molecular complexity index is 268. The third kappa shape index (κ3) is 6.96. The number of hydrogen-bond donors (Lipinski definition) is 1. The van der Waals surface area contributed by atoms with Gasteiger partial charge in [-0.2, -0.15) is 5.26 Å². The molecule has 1 amide bonds. The van der Waals surface area contributed by atoms with Gasteiger partial charge in [0.1, 0.15) is 0 Å². The fourth-order valence-electron chi connectivity index (χ4n) is 1.36. The van der Waals surface area contributed by atoms with Crippen molar-refractivity contribution in [2.75, 3.05) is 13.1 Å². The highest BCUT2D eigenvalue weighted by molar-refractivity contribution is 5.78. The smallest absolute Gasteiger partial charge is 0.234 e. The molecule has 17 heavy (non-hydrogen) atoms. The average Bonchev–Trinajstić information content (AvgIpc) is 2.23. The number of nitrogens with zero attached hydrogens (tertiary/aromatic N) is 2. The Morgan fingerprint density at radius 2 is 1.88 bits per heavy atom. The van der Waals surface area contributed by atoms with E-state index in [2.05, 4.69) is 25.2 Å². The van der Waals surface area contributed by atoms with E-state index in [9.17, 15) is 4.79 Å². The highest BCUT2D eigenvalue weighted by atomic mass is 16.2. The summed E-state index contributed by atoms with van der Waals surface area (Å²) < 4.78 is 0. The van der Waals surface area contributed by atoms with Crippen molar-refractivity contribution < 1.29 is 4.79 Å². The molecule has 0 aromatic heterocycles. The molecule has 0 aliphatic rings. The van der Waals surface area contributed by atoms with E-state index >= 15 is 0 Å². The van der Waals surface area contributed by atoms with Crippen LogP contribution in [0, 0.1) is 17.2 Å². The van der Waals surface area contributed by atoms with Gasteiger partial charge in [-0.15, -0.1) is 0 Å². The second kappa shape index (κ2) is 8.08. The summed E-state index contributed by atoms with van der Waals surface area (Å²) in [7, 11) is 0. The molecule has 0 bridgehead atoms. The fraction of sp³-hybridized carbons (Fsp3) is 0.846. The first-order chi connectivity index (χ1) is 7.88. The number of carbonyl (C=O) groups excluding carboxylic acids is 1. The molecule has 0 saturated heterocycles. The van der Waals surface area contributed by atoms with Gasteiger partial charge in [-0.05, 0) is 26.7 Å². The van der Waals surface area contributed by atoms with Crippen LogP contribution < -0.4 is 5.32 Å². The summed E-state index contributed by atoms with van der Waals surface area (Å²) in [6, 6.07) is 2.58. The molecule has 4 heteroatoms. The van der Waals surface area contributed by atoms with E-state index in [0.29, 0.717) is 25.4 Å². The normalized spacial score (nSPS) is 12.9. The van der Waals surface area contributed by atoms with Crippen LogP contribution in [-0.2, 0) is 4.79 Å².